The number of nitrogens with one attached hydrogen (secondary N) is 1. The number of ether oxygens (including phenoxy) is 2. The minimum absolute atomic E-state index is 0.376. The van der Waals surface area contributed by atoms with Gasteiger partial charge >= 0.3 is 0 Å². The molecule has 1 aromatic rings. The topological polar surface area (TPSA) is 30.5 Å². The van der Waals surface area contributed by atoms with Crippen LogP contribution < -0.4 is 14.8 Å². The van der Waals surface area contributed by atoms with Gasteiger partial charge in [0.25, 0.3) is 0 Å². The highest BCUT2D eigenvalue weighted by Gasteiger charge is 2.20. The molecule has 4 heteroatoms. The molecule has 0 aromatic heterocycles. The standard InChI is InChI=1S/C13H18BrNO2/c1-16-12-8-10(14)13(17-2)7-9(12)11-5-3-4-6-15-11/h7-8,11,15H,3-6H2,1-2H3. The fourth-order valence-electron chi connectivity index (χ4n) is 2.27. The van der Waals surface area contributed by atoms with E-state index in [1.165, 1.54) is 18.4 Å². The van der Waals surface area contributed by atoms with Crippen molar-refractivity contribution in [2.75, 3.05) is 20.8 Å². The van der Waals surface area contributed by atoms with Crippen molar-refractivity contribution in [3.63, 3.8) is 0 Å². The maximum absolute atomic E-state index is 5.45. The van der Waals surface area contributed by atoms with Crippen molar-refractivity contribution in [3.8, 4) is 11.5 Å². The molecule has 2 rings (SSSR count). The normalized spacial score (nSPS) is 20.1. The number of rotatable bonds is 3. The maximum atomic E-state index is 5.45. The Hall–Kier alpha value is -0.740. The van der Waals surface area contributed by atoms with Crippen LogP contribution in [0.4, 0.5) is 0 Å². The first-order chi connectivity index (χ1) is 8.26. The van der Waals surface area contributed by atoms with Crippen molar-refractivity contribution < 1.29 is 9.47 Å². The summed E-state index contributed by atoms with van der Waals surface area (Å²) in [5.41, 5.74) is 1.19. The van der Waals surface area contributed by atoms with Crippen LogP contribution in [0.15, 0.2) is 16.6 Å². The van der Waals surface area contributed by atoms with E-state index in [9.17, 15) is 0 Å². The molecule has 1 fully saturated rings. The van der Waals surface area contributed by atoms with Gasteiger partial charge < -0.3 is 14.8 Å². The molecule has 1 atom stereocenters. The molecule has 1 aliphatic rings. The van der Waals surface area contributed by atoms with E-state index in [2.05, 4.69) is 27.3 Å². The first-order valence-electron chi connectivity index (χ1n) is 5.91. The van der Waals surface area contributed by atoms with E-state index in [1.54, 1.807) is 14.2 Å². The van der Waals surface area contributed by atoms with E-state index in [1.807, 2.05) is 6.07 Å². The summed E-state index contributed by atoms with van der Waals surface area (Å²) in [6.07, 6.45) is 3.67. The molecule has 1 saturated heterocycles. The molecule has 0 saturated carbocycles. The predicted octanol–water partition coefficient (Wildman–Crippen LogP) is 3.28. The highest BCUT2D eigenvalue weighted by Crippen LogP contribution is 2.37. The Kier molecular flexibility index (Phi) is 4.29. The molecule has 0 spiro atoms. The Morgan fingerprint density at radius 1 is 1.18 bits per heavy atom. The van der Waals surface area contributed by atoms with Gasteiger partial charge in [0.05, 0.1) is 18.7 Å². The Morgan fingerprint density at radius 3 is 2.53 bits per heavy atom. The summed E-state index contributed by atoms with van der Waals surface area (Å²) >= 11 is 3.48. The van der Waals surface area contributed by atoms with E-state index in [-0.39, 0.29) is 0 Å². The van der Waals surface area contributed by atoms with Gasteiger partial charge in [0.2, 0.25) is 0 Å². The molecule has 1 unspecified atom stereocenters. The summed E-state index contributed by atoms with van der Waals surface area (Å²) < 4.78 is 11.7. The summed E-state index contributed by atoms with van der Waals surface area (Å²) in [5.74, 6) is 1.77. The van der Waals surface area contributed by atoms with Gasteiger partial charge in [0.1, 0.15) is 11.5 Å². The van der Waals surface area contributed by atoms with Crippen LogP contribution >= 0.6 is 15.9 Å². The van der Waals surface area contributed by atoms with Gasteiger partial charge in [0, 0.05) is 11.6 Å². The SMILES string of the molecule is COc1cc(C2CCCCN2)c(OC)cc1Br. The second-order valence-corrected chi connectivity index (χ2v) is 5.09. The third-order valence-electron chi connectivity index (χ3n) is 3.19. The second kappa shape index (κ2) is 5.74. The average molecular weight is 300 g/mol. The highest BCUT2D eigenvalue weighted by molar-refractivity contribution is 9.10. The number of methoxy groups -OCH3 is 2. The molecule has 1 N–H and O–H groups in total. The van der Waals surface area contributed by atoms with Crippen molar-refractivity contribution in [1.29, 1.82) is 0 Å². The van der Waals surface area contributed by atoms with Crippen LogP contribution in [0.2, 0.25) is 0 Å². The smallest absolute Gasteiger partial charge is 0.133 e. The van der Waals surface area contributed by atoms with Gasteiger partial charge in [-0.3, -0.25) is 0 Å². The molecule has 0 bridgehead atoms. The van der Waals surface area contributed by atoms with E-state index in [4.69, 9.17) is 9.47 Å². The third kappa shape index (κ3) is 2.75. The van der Waals surface area contributed by atoms with Crippen LogP contribution in [0.3, 0.4) is 0 Å². The van der Waals surface area contributed by atoms with Crippen LogP contribution in [0, 0.1) is 0 Å². The molecule has 3 nitrogen and oxygen atoms in total. The summed E-state index contributed by atoms with van der Waals surface area (Å²) in [6, 6.07) is 4.41. The highest BCUT2D eigenvalue weighted by atomic mass is 79.9. The lowest BCUT2D eigenvalue weighted by atomic mass is 9.96. The van der Waals surface area contributed by atoms with Gasteiger partial charge in [-0.05, 0) is 47.4 Å². The van der Waals surface area contributed by atoms with Gasteiger partial charge in [0.15, 0.2) is 0 Å². The van der Waals surface area contributed by atoms with Gasteiger partial charge in [-0.1, -0.05) is 6.42 Å². The van der Waals surface area contributed by atoms with Crippen molar-refractivity contribution >= 4 is 15.9 Å². The lowest BCUT2D eigenvalue weighted by Crippen LogP contribution is -2.27. The molecule has 17 heavy (non-hydrogen) atoms. The van der Waals surface area contributed by atoms with E-state index < -0.39 is 0 Å². The zero-order valence-electron chi connectivity index (χ0n) is 10.3. The second-order valence-electron chi connectivity index (χ2n) is 4.23. The molecular formula is C13H18BrNO2. The van der Waals surface area contributed by atoms with E-state index >= 15 is 0 Å². The quantitative estimate of drug-likeness (QED) is 0.929. The Bertz CT molecular complexity index is 389. The van der Waals surface area contributed by atoms with Crippen LogP contribution in [0.1, 0.15) is 30.9 Å². The molecule has 1 aliphatic heterocycles. The first-order valence-corrected chi connectivity index (χ1v) is 6.70. The number of piperidine rings is 1. The van der Waals surface area contributed by atoms with Crippen molar-refractivity contribution in [2.45, 2.75) is 25.3 Å². The Morgan fingerprint density at radius 2 is 1.94 bits per heavy atom. The lowest BCUT2D eigenvalue weighted by molar-refractivity contribution is 0.367. The van der Waals surface area contributed by atoms with Gasteiger partial charge in [-0.15, -0.1) is 0 Å². The van der Waals surface area contributed by atoms with Crippen molar-refractivity contribution in [1.82, 2.24) is 5.32 Å². The van der Waals surface area contributed by atoms with Crippen LogP contribution in [-0.4, -0.2) is 20.8 Å². The summed E-state index contributed by atoms with van der Waals surface area (Å²) in [5, 5.41) is 3.53. The van der Waals surface area contributed by atoms with E-state index in [0.717, 1.165) is 28.9 Å². The average Bonchev–Trinajstić information content (AvgIpc) is 2.39. The minimum atomic E-state index is 0.376. The van der Waals surface area contributed by atoms with Gasteiger partial charge in [-0.2, -0.15) is 0 Å². The molecule has 0 amide bonds. The maximum Gasteiger partial charge on any atom is 0.133 e. The molecule has 0 radical (unpaired) electrons. The molecule has 0 aliphatic carbocycles. The number of benzene rings is 1. The lowest BCUT2D eigenvalue weighted by Gasteiger charge is -2.26. The van der Waals surface area contributed by atoms with Gasteiger partial charge in [-0.25, -0.2) is 0 Å². The fraction of sp³-hybridized carbons (Fsp3) is 0.538. The molecular weight excluding hydrogens is 282 g/mol. The Balaban J connectivity index is 2.35. The minimum Gasteiger partial charge on any atom is -0.496 e. The van der Waals surface area contributed by atoms with Crippen molar-refractivity contribution in [3.05, 3.63) is 22.2 Å². The zero-order valence-corrected chi connectivity index (χ0v) is 11.8. The monoisotopic (exact) mass is 299 g/mol. The molecule has 94 valence electrons. The number of hydrogen-bond acceptors (Lipinski definition) is 3. The molecule has 1 heterocycles. The van der Waals surface area contributed by atoms with E-state index in [0.29, 0.717) is 6.04 Å². The largest absolute Gasteiger partial charge is 0.496 e. The summed E-state index contributed by atoms with van der Waals surface area (Å²) in [4.78, 5) is 0. The van der Waals surface area contributed by atoms with Crippen LogP contribution in [0.5, 0.6) is 11.5 Å². The predicted molar refractivity (Wildman–Crippen MR) is 71.8 cm³/mol. The Labute approximate surface area is 111 Å². The zero-order chi connectivity index (χ0) is 12.3. The number of halogens is 1. The summed E-state index contributed by atoms with van der Waals surface area (Å²) in [6.45, 7) is 1.08. The van der Waals surface area contributed by atoms with Crippen LogP contribution in [-0.2, 0) is 0 Å². The summed E-state index contributed by atoms with van der Waals surface area (Å²) in [7, 11) is 3.39. The van der Waals surface area contributed by atoms with Crippen molar-refractivity contribution in [2.24, 2.45) is 0 Å². The first kappa shape index (κ1) is 12.7. The molecule has 1 aromatic carbocycles. The van der Waals surface area contributed by atoms with Crippen LogP contribution in [0.25, 0.3) is 0 Å². The number of hydrogen-bond donors (Lipinski definition) is 1. The third-order valence-corrected chi connectivity index (χ3v) is 3.81. The fourth-order valence-corrected chi connectivity index (χ4v) is 2.76.